The summed E-state index contributed by atoms with van der Waals surface area (Å²) in [6.45, 7) is 0.281. The van der Waals surface area contributed by atoms with E-state index >= 15 is 0 Å². The number of nitrogens with one attached hydrogen (secondary N) is 1. The predicted octanol–water partition coefficient (Wildman–Crippen LogP) is 2.92. The normalized spacial score (nSPS) is 10.5. The number of aromatic amines is 1. The van der Waals surface area contributed by atoms with Gasteiger partial charge in [-0.1, -0.05) is 12.1 Å². The van der Waals surface area contributed by atoms with Gasteiger partial charge in [-0.15, -0.1) is 0 Å². The number of para-hydroxylation sites is 1. The van der Waals surface area contributed by atoms with Gasteiger partial charge in [0.1, 0.15) is 23.8 Å². The summed E-state index contributed by atoms with van der Waals surface area (Å²) in [5.41, 5.74) is 7.29. The van der Waals surface area contributed by atoms with E-state index in [4.69, 9.17) is 15.2 Å². The average Bonchev–Trinajstić information content (AvgIpc) is 3.11. The van der Waals surface area contributed by atoms with Crippen LogP contribution in [-0.2, 0) is 6.61 Å². The molecule has 2 aromatic carbocycles. The van der Waals surface area contributed by atoms with E-state index in [1.807, 2.05) is 30.3 Å². The van der Waals surface area contributed by atoms with Gasteiger partial charge in [0.05, 0.1) is 11.6 Å². The Morgan fingerprint density at radius 2 is 2.00 bits per heavy atom. The zero-order valence-electron chi connectivity index (χ0n) is 13.3. The summed E-state index contributed by atoms with van der Waals surface area (Å²) < 4.78 is 12.1. The number of amides is 1. The Kier molecular flexibility index (Phi) is 4.99. The number of methoxy groups -OCH3 is 1. The molecular formula is C17H15BrN4O3. The third-order valence-electron chi connectivity index (χ3n) is 3.55. The number of carbonyl (C=O) groups excluding carboxylic acids is 1. The number of rotatable bonds is 6. The van der Waals surface area contributed by atoms with Crippen molar-refractivity contribution >= 4 is 21.8 Å². The van der Waals surface area contributed by atoms with E-state index < -0.39 is 5.91 Å². The minimum absolute atomic E-state index is 0.0860. The van der Waals surface area contributed by atoms with Gasteiger partial charge in [-0.05, 0) is 46.3 Å². The molecule has 1 aromatic heterocycles. The third-order valence-corrected chi connectivity index (χ3v) is 4.21. The molecule has 0 aliphatic carbocycles. The highest BCUT2D eigenvalue weighted by molar-refractivity contribution is 9.10. The number of H-pyrrole nitrogens is 1. The summed E-state index contributed by atoms with van der Waals surface area (Å²) in [7, 11) is 1.59. The van der Waals surface area contributed by atoms with E-state index in [2.05, 4.69) is 31.3 Å². The minimum atomic E-state index is -0.648. The molecule has 3 aromatic rings. The number of carbonyl (C=O) groups is 1. The molecule has 3 rings (SSSR count). The molecule has 0 unspecified atom stereocenters. The summed E-state index contributed by atoms with van der Waals surface area (Å²) >= 11 is 3.45. The van der Waals surface area contributed by atoms with E-state index in [9.17, 15) is 4.79 Å². The number of nitrogens with zero attached hydrogens (tertiary/aromatic N) is 2. The Bertz CT molecular complexity index is 910. The molecule has 25 heavy (non-hydrogen) atoms. The van der Waals surface area contributed by atoms with Crippen LogP contribution in [0.5, 0.6) is 11.5 Å². The van der Waals surface area contributed by atoms with Crippen LogP contribution in [0.1, 0.15) is 16.1 Å². The van der Waals surface area contributed by atoms with Crippen molar-refractivity contribution in [3.8, 4) is 22.8 Å². The molecule has 3 N–H and O–H groups in total. The zero-order valence-corrected chi connectivity index (χ0v) is 14.9. The quantitative estimate of drug-likeness (QED) is 0.659. The number of nitrogens with two attached hydrogens (primary N) is 1. The lowest BCUT2D eigenvalue weighted by atomic mass is 10.1. The lowest BCUT2D eigenvalue weighted by Gasteiger charge is -2.12. The highest BCUT2D eigenvalue weighted by atomic mass is 79.9. The first-order chi connectivity index (χ1) is 12.1. The molecule has 0 saturated heterocycles. The molecule has 128 valence electrons. The van der Waals surface area contributed by atoms with Gasteiger partial charge in [0.15, 0.2) is 5.69 Å². The van der Waals surface area contributed by atoms with E-state index in [1.165, 1.54) is 0 Å². The Balaban J connectivity index is 1.91. The van der Waals surface area contributed by atoms with Crippen LogP contribution >= 0.6 is 15.9 Å². The molecule has 0 aliphatic heterocycles. The maximum atomic E-state index is 11.5. The number of hydrogen-bond acceptors (Lipinski definition) is 5. The SMILES string of the molecule is COc1ccc(-c2n[nH]nc2C(N)=O)cc1COc1ccccc1Br. The third kappa shape index (κ3) is 3.63. The number of benzene rings is 2. The standard InChI is InChI=1S/C17H15BrN4O3/c1-24-13-7-6-10(15-16(17(19)23)21-22-20-15)8-11(13)9-25-14-5-3-2-4-12(14)18/h2-8H,9H2,1H3,(H2,19,23)(H,20,21,22). The largest absolute Gasteiger partial charge is 0.496 e. The second kappa shape index (κ2) is 7.35. The van der Waals surface area contributed by atoms with Crippen molar-refractivity contribution < 1.29 is 14.3 Å². The molecule has 0 atom stereocenters. The molecule has 0 fully saturated rings. The molecule has 7 nitrogen and oxygen atoms in total. The highest BCUT2D eigenvalue weighted by Gasteiger charge is 2.17. The predicted molar refractivity (Wildman–Crippen MR) is 95.4 cm³/mol. The van der Waals surface area contributed by atoms with Crippen LogP contribution < -0.4 is 15.2 Å². The first kappa shape index (κ1) is 17.0. The first-order valence-corrected chi connectivity index (χ1v) is 8.14. The smallest absolute Gasteiger partial charge is 0.271 e. The van der Waals surface area contributed by atoms with Crippen molar-refractivity contribution in [3.63, 3.8) is 0 Å². The fourth-order valence-electron chi connectivity index (χ4n) is 2.36. The van der Waals surface area contributed by atoms with Gasteiger partial charge < -0.3 is 15.2 Å². The Morgan fingerprint density at radius 1 is 1.20 bits per heavy atom. The van der Waals surface area contributed by atoms with E-state index in [0.717, 1.165) is 10.0 Å². The molecule has 8 heteroatoms. The van der Waals surface area contributed by atoms with Gasteiger partial charge in [0.25, 0.3) is 5.91 Å². The maximum Gasteiger partial charge on any atom is 0.271 e. The lowest BCUT2D eigenvalue weighted by Crippen LogP contribution is -2.12. The molecule has 0 spiro atoms. The molecule has 1 amide bonds. The van der Waals surface area contributed by atoms with Gasteiger partial charge in [-0.2, -0.15) is 15.4 Å². The summed E-state index contributed by atoms with van der Waals surface area (Å²) in [5, 5.41) is 10.2. The van der Waals surface area contributed by atoms with Gasteiger partial charge in [-0.3, -0.25) is 4.79 Å². The number of aromatic nitrogens is 3. The van der Waals surface area contributed by atoms with E-state index in [1.54, 1.807) is 19.2 Å². The monoisotopic (exact) mass is 402 g/mol. The fraction of sp³-hybridized carbons (Fsp3) is 0.118. The topological polar surface area (TPSA) is 103 Å². The number of ether oxygens (including phenoxy) is 2. The molecule has 1 heterocycles. The second-order valence-electron chi connectivity index (χ2n) is 5.13. The Morgan fingerprint density at radius 3 is 2.72 bits per heavy atom. The number of hydrogen-bond donors (Lipinski definition) is 2. The maximum absolute atomic E-state index is 11.5. The van der Waals surface area contributed by atoms with Crippen LogP contribution in [0.4, 0.5) is 0 Å². The van der Waals surface area contributed by atoms with Gasteiger partial charge in [0, 0.05) is 11.1 Å². The highest BCUT2D eigenvalue weighted by Crippen LogP contribution is 2.29. The van der Waals surface area contributed by atoms with Crippen LogP contribution in [0.2, 0.25) is 0 Å². The Labute approximate surface area is 152 Å². The lowest BCUT2D eigenvalue weighted by molar-refractivity contribution is 0.0996. The summed E-state index contributed by atoms with van der Waals surface area (Å²) in [5.74, 6) is 0.736. The minimum Gasteiger partial charge on any atom is -0.496 e. The summed E-state index contributed by atoms with van der Waals surface area (Å²) in [4.78, 5) is 11.5. The summed E-state index contributed by atoms with van der Waals surface area (Å²) in [6, 6.07) is 13.0. The van der Waals surface area contributed by atoms with Crippen molar-refractivity contribution in [3.05, 3.63) is 58.2 Å². The van der Waals surface area contributed by atoms with Crippen molar-refractivity contribution in [1.29, 1.82) is 0 Å². The Hall–Kier alpha value is -2.87. The molecule has 0 bridgehead atoms. The molecule has 0 saturated carbocycles. The van der Waals surface area contributed by atoms with E-state index in [-0.39, 0.29) is 12.3 Å². The van der Waals surface area contributed by atoms with Crippen LogP contribution in [-0.4, -0.2) is 28.4 Å². The van der Waals surface area contributed by atoms with Crippen molar-refractivity contribution in [2.24, 2.45) is 5.73 Å². The van der Waals surface area contributed by atoms with Crippen LogP contribution in [0, 0.1) is 0 Å². The van der Waals surface area contributed by atoms with Gasteiger partial charge in [0.2, 0.25) is 0 Å². The number of halogens is 1. The van der Waals surface area contributed by atoms with Crippen molar-refractivity contribution in [1.82, 2.24) is 15.4 Å². The molecular weight excluding hydrogens is 388 g/mol. The van der Waals surface area contributed by atoms with Gasteiger partial charge in [-0.25, -0.2) is 0 Å². The van der Waals surface area contributed by atoms with Crippen LogP contribution in [0.15, 0.2) is 46.9 Å². The molecule has 0 aliphatic rings. The van der Waals surface area contributed by atoms with Crippen molar-refractivity contribution in [2.45, 2.75) is 6.61 Å². The fourth-order valence-corrected chi connectivity index (χ4v) is 2.76. The summed E-state index contributed by atoms with van der Waals surface area (Å²) in [6.07, 6.45) is 0. The first-order valence-electron chi connectivity index (χ1n) is 7.35. The number of primary amides is 1. The zero-order chi connectivity index (χ0) is 17.8. The van der Waals surface area contributed by atoms with Crippen molar-refractivity contribution in [2.75, 3.05) is 7.11 Å². The van der Waals surface area contributed by atoms with E-state index in [0.29, 0.717) is 22.8 Å². The molecule has 0 radical (unpaired) electrons. The average molecular weight is 403 g/mol. The van der Waals surface area contributed by atoms with Crippen LogP contribution in [0.25, 0.3) is 11.3 Å². The van der Waals surface area contributed by atoms with Gasteiger partial charge >= 0.3 is 0 Å². The second-order valence-corrected chi connectivity index (χ2v) is 5.99. The van der Waals surface area contributed by atoms with Crippen LogP contribution in [0.3, 0.4) is 0 Å².